The predicted molar refractivity (Wildman–Crippen MR) is 89.8 cm³/mol. The first-order valence-corrected chi connectivity index (χ1v) is 8.75. The van der Waals surface area contributed by atoms with E-state index in [-0.39, 0.29) is 42.4 Å². The molecule has 0 aromatic rings. The van der Waals surface area contributed by atoms with Gasteiger partial charge in [-0.05, 0) is 12.8 Å². The molecule has 0 heterocycles. The summed E-state index contributed by atoms with van der Waals surface area (Å²) in [4.78, 5) is 48.8. The van der Waals surface area contributed by atoms with Gasteiger partial charge in [0.25, 0.3) is 0 Å². The van der Waals surface area contributed by atoms with E-state index in [1.165, 1.54) is 0 Å². The zero-order valence-electron chi connectivity index (χ0n) is 16.1. The SMILES string of the molecule is C=COC(=O)C(CC(=O)[O-])N(C(=O)CCCCC)C(=O)CCCCC.[Na+]. The topological polar surface area (TPSA) is 104 Å². The van der Waals surface area contributed by atoms with Crippen molar-refractivity contribution < 1.29 is 58.6 Å². The number of esters is 1. The Morgan fingerprint density at radius 1 is 1.00 bits per heavy atom. The van der Waals surface area contributed by atoms with Crippen LogP contribution >= 0.6 is 0 Å². The number of ether oxygens (including phenoxy) is 1. The van der Waals surface area contributed by atoms with Gasteiger partial charge in [-0.2, -0.15) is 0 Å². The number of hydrogen-bond donors (Lipinski definition) is 0. The number of amides is 2. The first kappa shape index (κ1) is 27.0. The quantitative estimate of drug-likeness (QED) is 0.171. The maximum atomic E-state index is 12.5. The van der Waals surface area contributed by atoms with Gasteiger partial charge in [-0.1, -0.05) is 46.1 Å². The van der Waals surface area contributed by atoms with Gasteiger partial charge in [-0.25, -0.2) is 4.79 Å². The van der Waals surface area contributed by atoms with Gasteiger partial charge in [0.15, 0.2) is 0 Å². The first-order valence-electron chi connectivity index (χ1n) is 8.75. The third-order valence-electron chi connectivity index (χ3n) is 3.67. The van der Waals surface area contributed by atoms with E-state index >= 15 is 0 Å². The molecule has 1 atom stereocenters. The Morgan fingerprint density at radius 2 is 1.46 bits per heavy atom. The number of nitrogens with zero attached hydrogens (tertiary/aromatic N) is 1. The predicted octanol–water partition coefficient (Wildman–Crippen LogP) is -1.30. The van der Waals surface area contributed by atoms with Crippen molar-refractivity contribution in [1.82, 2.24) is 4.90 Å². The normalized spacial score (nSPS) is 11.0. The van der Waals surface area contributed by atoms with E-state index in [1.54, 1.807) is 0 Å². The summed E-state index contributed by atoms with van der Waals surface area (Å²) < 4.78 is 4.63. The average Bonchev–Trinajstić information content (AvgIpc) is 2.54. The minimum atomic E-state index is -1.54. The van der Waals surface area contributed by atoms with E-state index in [0.717, 1.165) is 36.8 Å². The molecule has 0 spiro atoms. The molecule has 0 aliphatic rings. The van der Waals surface area contributed by atoms with Crippen molar-refractivity contribution in [2.24, 2.45) is 0 Å². The van der Waals surface area contributed by atoms with Gasteiger partial charge in [-0.3, -0.25) is 14.5 Å². The van der Waals surface area contributed by atoms with Crippen molar-refractivity contribution in [2.45, 2.75) is 77.7 Å². The Bertz CT molecular complexity index is 458. The molecule has 142 valence electrons. The number of unbranched alkanes of at least 4 members (excludes halogenated alkanes) is 4. The van der Waals surface area contributed by atoms with Crippen LogP contribution in [0, 0.1) is 0 Å². The van der Waals surface area contributed by atoms with Gasteiger partial charge in [0.05, 0.1) is 6.26 Å². The molecule has 0 saturated heterocycles. The summed E-state index contributed by atoms with van der Waals surface area (Å²) >= 11 is 0. The zero-order valence-corrected chi connectivity index (χ0v) is 18.1. The van der Waals surface area contributed by atoms with Crippen LogP contribution in [0.5, 0.6) is 0 Å². The van der Waals surface area contributed by atoms with Crippen LogP contribution in [0.15, 0.2) is 12.8 Å². The number of rotatable bonds is 13. The summed E-state index contributed by atoms with van der Waals surface area (Å²) in [5, 5.41) is 11.0. The van der Waals surface area contributed by atoms with Crippen LogP contribution in [0.4, 0.5) is 0 Å². The third kappa shape index (κ3) is 10.7. The first-order chi connectivity index (χ1) is 11.9. The molecule has 0 rings (SSSR count). The number of carbonyl (C=O) groups excluding carboxylic acids is 4. The van der Waals surface area contributed by atoms with Crippen molar-refractivity contribution in [2.75, 3.05) is 0 Å². The standard InChI is InChI=1S/C18H29NO6.Na/c1-4-7-9-11-15(20)19(16(21)12-10-8-5-2)14(13-17(22)23)18(24)25-6-3;/h6,14H,3-5,7-13H2,1-2H3,(H,22,23);/q;+1/p-1. The third-order valence-corrected chi connectivity index (χ3v) is 3.67. The largest absolute Gasteiger partial charge is 1.00 e. The average molecular weight is 377 g/mol. The van der Waals surface area contributed by atoms with Gasteiger partial charge >= 0.3 is 35.5 Å². The van der Waals surface area contributed by atoms with E-state index in [4.69, 9.17) is 0 Å². The number of carboxylic acid groups (broad SMARTS) is 1. The molecule has 7 nitrogen and oxygen atoms in total. The second-order valence-electron chi connectivity index (χ2n) is 5.77. The molecule has 0 bridgehead atoms. The molecule has 0 aromatic heterocycles. The summed E-state index contributed by atoms with van der Waals surface area (Å²) in [5.41, 5.74) is 0. The number of aliphatic carboxylic acids is 1. The fraction of sp³-hybridized carbons (Fsp3) is 0.667. The van der Waals surface area contributed by atoms with Crippen LogP contribution in [0.2, 0.25) is 0 Å². The van der Waals surface area contributed by atoms with Gasteiger partial charge < -0.3 is 14.6 Å². The molecule has 8 heteroatoms. The minimum Gasteiger partial charge on any atom is -0.550 e. The van der Waals surface area contributed by atoms with Crippen molar-refractivity contribution in [3.8, 4) is 0 Å². The molecular formula is C18H28NNaO6. The Morgan fingerprint density at radius 3 is 1.81 bits per heavy atom. The summed E-state index contributed by atoms with van der Waals surface area (Å²) in [6.07, 6.45) is 4.66. The molecule has 0 radical (unpaired) electrons. The monoisotopic (exact) mass is 377 g/mol. The molecule has 26 heavy (non-hydrogen) atoms. The van der Waals surface area contributed by atoms with Crippen LogP contribution in [0.25, 0.3) is 0 Å². The van der Waals surface area contributed by atoms with Gasteiger partial charge in [-0.15, -0.1) is 0 Å². The summed E-state index contributed by atoms with van der Waals surface area (Å²) in [7, 11) is 0. The molecule has 0 N–H and O–H groups in total. The van der Waals surface area contributed by atoms with Crippen LogP contribution in [-0.2, 0) is 23.9 Å². The minimum absolute atomic E-state index is 0. The molecular weight excluding hydrogens is 349 g/mol. The molecule has 0 aliphatic carbocycles. The molecule has 2 amide bonds. The second kappa shape index (κ2) is 16.0. The molecule has 1 unspecified atom stereocenters. The Labute approximate surface area is 177 Å². The van der Waals surface area contributed by atoms with Crippen LogP contribution in [0.1, 0.15) is 71.6 Å². The van der Waals surface area contributed by atoms with Crippen molar-refractivity contribution in [3.05, 3.63) is 12.8 Å². The maximum absolute atomic E-state index is 12.5. The van der Waals surface area contributed by atoms with Gasteiger partial charge in [0.1, 0.15) is 6.04 Å². The van der Waals surface area contributed by atoms with E-state index in [1.807, 2.05) is 13.8 Å². The zero-order chi connectivity index (χ0) is 19.2. The summed E-state index contributed by atoms with van der Waals surface area (Å²) in [6, 6.07) is -1.54. The van der Waals surface area contributed by atoms with Crippen LogP contribution in [-0.4, -0.2) is 34.7 Å². The van der Waals surface area contributed by atoms with Crippen molar-refractivity contribution >= 4 is 23.8 Å². The fourth-order valence-electron chi connectivity index (χ4n) is 2.38. The van der Waals surface area contributed by atoms with Crippen molar-refractivity contribution in [1.29, 1.82) is 0 Å². The van der Waals surface area contributed by atoms with E-state index < -0.39 is 36.2 Å². The second-order valence-corrected chi connectivity index (χ2v) is 5.77. The Kier molecular flexibility index (Phi) is 16.7. The smallest absolute Gasteiger partial charge is 0.550 e. The van der Waals surface area contributed by atoms with E-state index in [9.17, 15) is 24.3 Å². The Hall–Kier alpha value is -1.18. The fourth-order valence-corrected chi connectivity index (χ4v) is 2.38. The summed E-state index contributed by atoms with van der Waals surface area (Å²) in [6.45, 7) is 7.18. The molecule has 0 fully saturated rings. The number of hydrogen-bond acceptors (Lipinski definition) is 6. The number of imide groups is 1. The van der Waals surface area contributed by atoms with Gasteiger partial charge in [0.2, 0.25) is 11.8 Å². The van der Waals surface area contributed by atoms with Gasteiger partial charge in [0, 0.05) is 25.2 Å². The Balaban J connectivity index is 0. The summed E-state index contributed by atoms with van der Waals surface area (Å²) in [5.74, 6) is -3.69. The molecule has 0 saturated carbocycles. The molecule has 0 aliphatic heterocycles. The maximum Gasteiger partial charge on any atom is 1.00 e. The van der Waals surface area contributed by atoms with Crippen LogP contribution in [0.3, 0.4) is 0 Å². The van der Waals surface area contributed by atoms with Crippen LogP contribution < -0.4 is 34.7 Å². The van der Waals surface area contributed by atoms with E-state index in [2.05, 4.69) is 11.3 Å². The number of carbonyl (C=O) groups is 4. The van der Waals surface area contributed by atoms with E-state index in [0.29, 0.717) is 12.8 Å². The number of carboxylic acids is 1. The van der Waals surface area contributed by atoms with Crippen molar-refractivity contribution in [3.63, 3.8) is 0 Å². The molecule has 0 aromatic carbocycles.